The first-order chi connectivity index (χ1) is 17.5. The third-order valence-corrected chi connectivity index (χ3v) is 6.12. The molecular weight excluding hydrogens is 499 g/mol. The van der Waals surface area contributed by atoms with Gasteiger partial charge in [-0.15, -0.1) is 12.4 Å². The minimum Gasteiger partial charge on any atom is -0.457 e. The topological polar surface area (TPSA) is 118 Å². The Hall–Kier alpha value is -4.16. The molecule has 1 fully saturated rings. The average Bonchev–Trinajstić information content (AvgIpc) is 3.35. The van der Waals surface area contributed by atoms with Crippen LogP contribution in [-0.4, -0.2) is 60.2 Å². The molecule has 0 bridgehead atoms. The van der Waals surface area contributed by atoms with Crippen molar-refractivity contribution in [3.05, 3.63) is 60.7 Å². The van der Waals surface area contributed by atoms with Gasteiger partial charge in [0.15, 0.2) is 11.5 Å². The van der Waals surface area contributed by atoms with Crippen LogP contribution in [-0.2, 0) is 0 Å². The van der Waals surface area contributed by atoms with E-state index >= 15 is 4.39 Å². The van der Waals surface area contributed by atoms with E-state index in [1.807, 2.05) is 6.92 Å². The lowest BCUT2D eigenvalue weighted by molar-refractivity contribution is 0.473. The molecule has 1 aliphatic rings. The number of aryl methyl sites for hydroxylation is 1. The zero-order chi connectivity index (χ0) is 24.6. The predicted octanol–water partition coefficient (Wildman–Crippen LogP) is 3.67. The molecular formula is C24H24ClFN10O. The molecule has 0 radical (unpaired) electrons. The van der Waals surface area contributed by atoms with Crippen LogP contribution in [0.4, 0.5) is 21.8 Å². The number of aromatic nitrogens is 7. The molecule has 0 saturated carbocycles. The number of fused-ring (bicyclic) bond motifs is 2. The van der Waals surface area contributed by atoms with Crippen molar-refractivity contribution >= 4 is 46.5 Å². The highest BCUT2D eigenvalue weighted by Gasteiger charge is 2.22. The zero-order valence-corrected chi connectivity index (χ0v) is 20.9. The smallest absolute Gasteiger partial charge is 0.226 e. The van der Waals surface area contributed by atoms with Gasteiger partial charge in [0.25, 0.3) is 0 Å². The van der Waals surface area contributed by atoms with Gasteiger partial charge in [-0.3, -0.25) is 0 Å². The van der Waals surface area contributed by atoms with Gasteiger partial charge >= 0.3 is 0 Å². The summed E-state index contributed by atoms with van der Waals surface area (Å²) in [6.07, 6.45) is 6.27. The second-order valence-corrected chi connectivity index (χ2v) is 8.62. The van der Waals surface area contributed by atoms with Gasteiger partial charge in [0.05, 0.1) is 11.9 Å². The van der Waals surface area contributed by atoms with Crippen molar-refractivity contribution in [3.8, 4) is 11.5 Å². The number of hydrogen-bond donors (Lipinski definition) is 2. The van der Waals surface area contributed by atoms with Gasteiger partial charge < -0.3 is 20.3 Å². The lowest BCUT2D eigenvalue weighted by Gasteiger charge is -2.33. The van der Waals surface area contributed by atoms with Crippen molar-refractivity contribution in [2.75, 3.05) is 29.9 Å². The molecule has 0 spiro atoms. The first-order valence-corrected chi connectivity index (χ1v) is 11.5. The Bertz CT molecular complexity index is 1580. The van der Waals surface area contributed by atoms with Gasteiger partial charge in [-0.25, -0.2) is 33.8 Å². The van der Waals surface area contributed by atoms with E-state index in [1.165, 1.54) is 18.7 Å². The van der Waals surface area contributed by atoms with Gasteiger partial charge in [-0.1, -0.05) is 0 Å². The minimum absolute atomic E-state index is 0. The van der Waals surface area contributed by atoms with E-state index in [9.17, 15) is 0 Å². The minimum atomic E-state index is -0.490. The number of rotatable bonds is 5. The SMILES string of the molecule is Cc1cc(Nc2ncnc3cnc(N4CCNC[C@H]4C)nc23)c(F)cc1Oc1ccn2ncnc2c1.Cl. The fraction of sp³-hybridized carbons (Fsp3) is 0.250. The van der Waals surface area contributed by atoms with E-state index in [1.54, 1.807) is 35.1 Å². The van der Waals surface area contributed by atoms with Crippen molar-refractivity contribution in [3.63, 3.8) is 0 Å². The quantitative estimate of drug-likeness (QED) is 0.354. The number of piperazine rings is 1. The highest BCUT2D eigenvalue weighted by atomic mass is 35.5. The standard InChI is InChI=1S/C24H23FN10O.ClH/c1-14-7-18(17(25)9-20(14)36-16-3-5-35-21(8-16)29-13-31-35)32-23-22-19(28-12-30-23)11-27-24(33-22)34-6-4-26-10-15(34)2;/h3,5,7-9,11-13,15,26H,4,6,10H2,1-2H3,(H,28,30,32);1H/t15-;/m1./s1. The Kier molecular flexibility index (Phi) is 6.68. The molecule has 37 heavy (non-hydrogen) atoms. The van der Waals surface area contributed by atoms with Crippen LogP contribution < -0.4 is 20.3 Å². The Morgan fingerprint density at radius 3 is 2.89 bits per heavy atom. The first kappa shape index (κ1) is 24.5. The molecule has 0 amide bonds. The largest absolute Gasteiger partial charge is 0.457 e. The molecule has 13 heteroatoms. The van der Waals surface area contributed by atoms with Gasteiger partial charge in [-0.05, 0) is 31.5 Å². The highest BCUT2D eigenvalue weighted by molar-refractivity contribution is 5.87. The third-order valence-electron chi connectivity index (χ3n) is 6.12. The summed E-state index contributed by atoms with van der Waals surface area (Å²) < 4.78 is 22.7. The van der Waals surface area contributed by atoms with Crippen LogP contribution in [0.1, 0.15) is 12.5 Å². The number of ether oxygens (including phenoxy) is 1. The number of halogens is 2. The van der Waals surface area contributed by atoms with E-state index in [2.05, 4.69) is 47.5 Å². The van der Waals surface area contributed by atoms with Crippen LogP contribution in [0, 0.1) is 12.7 Å². The van der Waals surface area contributed by atoms with Crippen LogP contribution in [0.2, 0.25) is 0 Å². The molecule has 4 aromatic heterocycles. The first-order valence-electron chi connectivity index (χ1n) is 11.5. The summed E-state index contributed by atoms with van der Waals surface area (Å²) in [6, 6.07) is 6.75. The predicted molar refractivity (Wildman–Crippen MR) is 140 cm³/mol. The fourth-order valence-electron chi connectivity index (χ4n) is 4.20. The summed E-state index contributed by atoms with van der Waals surface area (Å²) >= 11 is 0. The van der Waals surface area contributed by atoms with E-state index in [-0.39, 0.29) is 24.1 Å². The van der Waals surface area contributed by atoms with Crippen molar-refractivity contribution < 1.29 is 9.13 Å². The van der Waals surface area contributed by atoms with Crippen LogP contribution in [0.3, 0.4) is 0 Å². The van der Waals surface area contributed by atoms with Crippen LogP contribution in [0.5, 0.6) is 11.5 Å². The van der Waals surface area contributed by atoms with Gasteiger partial charge in [0, 0.05) is 44.0 Å². The number of hydrogen-bond acceptors (Lipinski definition) is 10. The van der Waals surface area contributed by atoms with Crippen molar-refractivity contribution in [1.29, 1.82) is 0 Å². The normalized spacial score (nSPS) is 15.5. The van der Waals surface area contributed by atoms with Crippen LogP contribution >= 0.6 is 12.4 Å². The summed E-state index contributed by atoms with van der Waals surface area (Å²) in [5.74, 6) is 1.43. The van der Waals surface area contributed by atoms with Gasteiger partial charge in [-0.2, -0.15) is 5.10 Å². The number of nitrogens with zero attached hydrogens (tertiary/aromatic N) is 8. The average molecular weight is 523 g/mol. The summed E-state index contributed by atoms with van der Waals surface area (Å²) in [5.41, 5.74) is 2.72. The molecule has 1 atom stereocenters. The van der Waals surface area contributed by atoms with E-state index in [0.717, 1.165) is 25.2 Å². The molecule has 0 aliphatic carbocycles. The molecule has 190 valence electrons. The number of nitrogens with one attached hydrogen (secondary N) is 2. The lowest BCUT2D eigenvalue weighted by atomic mass is 10.2. The Balaban J connectivity index is 0.00000280. The number of anilines is 3. The summed E-state index contributed by atoms with van der Waals surface area (Å²) in [5, 5.41) is 10.5. The fourth-order valence-corrected chi connectivity index (χ4v) is 4.20. The maximum Gasteiger partial charge on any atom is 0.226 e. The second kappa shape index (κ2) is 10.1. The van der Waals surface area contributed by atoms with E-state index < -0.39 is 5.82 Å². The molecule has 2 N–H and O–H groups in total. The summed E-state index contributed by atoms with van der Waals surface area (Å²) in [7, 11) is 0. The summed E-state index contributed by atoms with van der Waals surface area (Å²) in [6.45, 7) is 6.46. The summed E-state index contributed by atoms with van der Waals surface area (Å²) in [4.78, 5) is 24.1. The Morgan fingerprint density at radius 2 is 2.03 bits per heavy atom. The van der Waals surface area contributed by atoms with Gasteiger partial charge in [0.1, 0.15) is 41.0 Å². The van der Waals surface area contributed by atoms with Gasteiger partial charge in [0.2, 0.25) is 5.95 Å². The van der Waals surface area contributed by atoms with Crippen molar-refractivity contribution in [2.24, 2.45) is 0 Å². The molecule has 5 heterocycles. The maximum atomic E-state index is 15.2. The molecule has 1 saturated heterocycles. The highest BCUT2D eigenvalue weighted by Crippen LogP contribution is 2.32. The monoisotopic (exact) mass is 522 g/mol. The molecule has 0 unspecified atom stereocenters. The molecule has 6 rings (SSSR count). The molecule has 5 aromatic rings. The molecule has 1 aromatic carbocycles. The third kappa shape index (κ3) is 4.80. The van der Waals surface area contributed by atoms with E-state index in [4.69, 9.17) is 9.72 Å². The van der Waals surface area contributed by atoms with Crippen LogP contribution in [0.25, 0.3) is 16.7 Å². The van der Waals surface area contributed by atoms with Crippen molar-refractivity contribution in [2.45, 2.75) is 19.9 Å². The number of pyridine rings is 1. The van der Waals surface area contributed by atoms with E-state index in [0.29, 0.717) is 39.9 Å². The number of benzene rings is 1. The maximum absolute atomic E-state index is 15.2. The molecule has 11 nitrogen and oxygen atoms in total. The zero-order valence-electron chi connectivity index (χ0n) is 20.1. The Morgan fingerprint density at radius 1 is 1.14 bits per heavy atom. The van der Waals surface area contributed by atoms with Crippen LogP contribution in [0.15, 0.2) is 49.3 Å². The van der Waals surface area contributed by atoms with Crippen molar-refractivity contribution in [1.82, 2.24) is 39.9 Å². The lowest BCUT2D eigenvalue weighted by Crippen LogP contribution is -2.50. The molecule has 1 aliphatic heterocycles. The Labute approximate surface area is 217 Å². The second-order valence-electron chi connectivity index (χ2n) is 8.62.